The number of pyridine rings is 1. The van der Waals surface area contributed by atoms with E-state index in [1.54, 1.807) is 13.1 Å². The molecule has 36 heavy (non-hydrogen) atoms. The first kappa shape index (κ1) is 25.0. The van der Waals surface area contributed by atoms with E-state index in [-0.39, 0.29) is 23.7 Å². The smallest absolute Gasteiger partial charge is 0.201 e. The molecule has 8 heteroatoms. The molecule has 4 aromatic rings. The number of allylic oxidation sites excluding steroid dienone is 2. The van der Waals surface area contributed by atoms with E-state index in [1.165, 1.54) is 30.6 Å². The lowest BCUT2D eigenvalue weighted by Gasteiger charge is -2.12. The quantitative estimate of drug-likeness (QED) is 0.190. The molecular formula is C28H23F4N3O. The van der Waals surface area contributed by atoms with Crippen molar-refractivity contribution in [2.45, 2.75) is 26.7 Å². The fraction of sp³-hybridized carbons (Fsp3) is 0.179. The second-order valence-corrected chi connectivity index (χ2v) is 7.90. The van der Waals surface area contributed by atoms with Crippen molar-refractivity contribution in [2.75, 3.05) is 6.61 Å². The fourth-order valence-corrected chi connectivity index (χ4v) is 3.69. The minimum Gasteiger partial charge on any atom is -0.491 e. The lowest BCUT2D eigenvalue weighted by Crippen LogP contribution is -2.01. The van der Waals surface area contributed by atoms with Crippen molar-refractivity contribution >= 4 is 0 Å². The van der Waals surface area contributed by atoms with E-state index >= 15 is 0 Å². The summed E-state index contributed by atoms with van der Waals surface area (Å²) in [7, 11) is 0. The molecule has 0 saturated heterocycles. The maximum absolute atomic E-state index is 15.0. The third kappa shape index (κ3) is 5.12. The summed E-state index contributed by atoms with van der Waals surface area (Å²) in [5.74, 6) is -5.54. The van der Waals surface area contributed by atoms with Gasteiger partial charge in [-0.05, 0) is 51.0 Å². The van der Waals surface area contributed by atoms with Crippen LogP contribution in [0.25, 0.3) is 33.6 Å². The lowest BCUT2D eigenvalue weighted by atomic mass is 10.0. The third-order valence-electron chi connectivity index (χ3n) is 5.57. The van der Waals surface area contributed by atoms with Crippen LogP contribution in [-0.2, 0) is 6.42 Å². The molecule has 0 aliphatic heterocycles. The van der Waals surface area contributed by atoms with Gasteiger partial charge in [-0.2, -0.15) is 4.39 Å². The van der Waals surface area contributed by atoms with Gasteiger partial charge in [-0.15, -0.1) is 0 Å². The van der Waals surface area contributed by atoms with Crippen molar-refractivity contribution in [3.8, 4) is 39.4 Å². The summed E-state index contributed by atoms with van der Waals surface area (Å²) in [5, 5.41) is 0. The SMILES string of the molecule is CC=CCCc1ccc(-c2cnc(-c3ccc(-c4ccc(OCC)c(F)c4F)c(F)c3F)nc2)cn1. The van der Waals surface area contributed by atoms with Crippen LogP contribution in [0.15, 0.2) is 67.1 Å². The lowest BCUT2D eigenvalue weighted by molar-refractivity contribution is 0.314. The summed E-state index contributed by atoms with van der Waals surface area (Å²) in [4.78, 5) is 12.8. The van der Waals surface area contributed by atoms with Gasteiger partial charge in [0.2, 0.25) is 5.82 Å². The van der Waals surface area contributed by atoms with Gasteiger partial charge < -0.3 is 4.74 Å². The van der Waals surface area contributed by atoms with E-state index in [0.717, 1.165) is 30.2 Å². The number of nitrogens with zero attached hydrogens (tertiary/aromatic N) is 3. The second kappa shape index (κ2) is 11.1. The molecule has 184 valence electrons. The minimum absolute atomic E-state index is 0.0454. The maximum atomic E-state index is 15.0. The van der Waals surface area contributed by atoms with Crippen LogP contribution in [0.3, 0.4) is 0 Å². The normalized spacial score (nSPS) is 11.3. The molecule has 2 heterocycles. The summed E-state index contributed by atoms with van der Waals surface area (Å²) >= 11 is 0. The van der Waals surface area contributed by atoms with Crippen molar-refractivity contribution in [2.24, 2.45) is 0 Å². The summed E-state index contributed by atoms with van der Waals surface area (Å²) < 4.78 is 63.6. The molecular weight excluding hydrogens is 470 g/mol. The van der Waals surface area contributed by atoms with Gasteiger partial charge in [0.25, 0.3) is 0 Å². The van der Waals surface area contributed by atoms with Crippen LogP contribution in [-0.4, -0.2) is 21.6 Å². The number of halogens is 4. The Morgan fingerprint density at radius 3 is 1.97 bits per heavy atom. The van der Waals surface area contributed by atoms with E-state index in [1.807, 2.05) is 25.1 Å². The van der Waals surface area contributed by atoms with E-state index in [4.69, 9.17) is 4.74 Å². The van der Waals surface area contributed by atoms with E-state index in [0.29, 0.717) is 5.56 Å². The van der Waals surface area contributed by atoms with Crippen molar-refractivity contribution in [1.29, 1.82) is 0 Å². The van der Waals surface area contributed by atoms with Crippen LogP contribution in [0.4, 0.5) is 17.6 Å². The number of hydrogen-bond donors (Lipinski definition) is 0. The monoisotopic (exact) mass is 493 g/mol. The highest BCUT2D eigenvalue weighted by atomic mass is 19.2. The molecule has 0 saturated carbocycles. The van der Waals surface area contributed by atoms with E-state index in [9.17, 15) is 17.6 Å². The molecule has 0 unspecified atom stereocenters. The van der Waals surface area contributed by atoms with Gasteiger partial charge in [-0.25, -0.2) is 23.1 Å². The summed E-state index contributed by atoms with van der Waals surface area (Å²) in [6, 6.07) is 8.54. The van der Waals surface area contributed by atoms with Crippen molar-refractivity contribution in [3.63, 3.8) is 0 Å². The zero-order valence-corrected chi connectivity index (χ0v) is 19.7. The Kier molecular flexibility index (Phi) is 7.73. The molecule has 2 aromatic carbocycles. The maximum Gasteiger partial charge on any atom is 0.201 e. The standard InChI is InChI=1S/C28H23F4N3O/c1-3-5-6-7-19-9-8-17(14-33-19)18-15-34-28(35-16-18)22-11-10-20(24(29)26(22)31)21-12-13-23(36-4-2)27(32)25(21)30/h3,5,8-16H,4,6-7H2,1-2H3. The van der Waals surface area contributed by atoms with E-state index in [2.05, 4.69) is 21.0 Å². The Morgan fingerprint density at radius 1 is 0.722 bits per heavy atom. The van der Waals surface area contributed by atoms with Crippen LogP contribution in [0, 0.1) is 23.3 Å². The minimum atomic E-state index is -1.33. The molecule has 0 fully saturated rings. The zero-order valence-electron chi connectivity index (χ0n) is 19.7. The molecule has 0 aliphatic carbocycles. The second-order valence-electron chi connectivity index (χ2n) is 7.90. The van der Waals surface area contributed by atoms with Gasteiger partial charge in [0, 0.05) is 46.5 Å². The van der Waals surface area contributed by atoms with Gasteiger partial charge in [0.15, 0.2) is 29.0 Å². The molecule has 0 radical (unpaired) electrons. The molecule has 2 aromatic heterocycles. The van der Waals surface area contributed by atoms with Crippen LogP contribution in [0.5, 0.6) is 5.75 Å². The first-order chi connectivity index (χ1) is 17.4. The van der Waals surface area contributed by atoms with Crippen molar-refractivity contribution in [3.05, 3.63) is 96.1 Å². The third-order valence-corrected chi connectivity index (χ3v) is 5.57. The largest absolute Gasteiger partial charge is 0.491 e. The average Bonchev–Trinajstić information content (AvgIpc) is 2.90. The first-order valence-corrected chi connectivity index (χ1v) is 11.4. The molecule has 0 N–H and O–H groups in total. The van der Waals surface area contributed by atoms with Gasteiger partial charge in [0.05, 0.1) is 12.2 Å². The Labute approximate surface area is 206 Å². The molecule has 0 aliphatic rings. The van der Waals surface area contributed by atoms with Crippen LogP contribution < -0.4 is 4.74 Å². The molecule has 0 amide bonds. The number of benzene rings is 2. The number of rotatable bonds is 8. The van der Waals surface area contributed by atoms with Crippen LogP contribution in [0.2, 0.25) is 0 Å². The van der Waals surface area contributed by atoms with E-state index < -0.39 is 34.4 Å². The Bertz CT molecular complexity index is 1390. The Balaban J connectivity index is 1.59. The summed E-state index contributed by atoms with van der Waals surface area (Å²) in [5.41, 5.74) is 1.36. The highest BCUT2D eigenvalue weighted by molar-refractivity contribution is 5.71. The fourth-order valence-electron chi connectivity index (χ4n) is 3.69. The average molecular weight is 494 g/mol. The van der Waals surface area contributed by atoms with Crippen molar-refractivity contribution < 1.29 is 22.3 Å². The first-order valence-electron chi connectivity index (χ1n) is 11.4. The molecule has 0 spiro atoms. The van der Waals surface area contributed by atoms with Crippen molar-refractivity contribution in [1.82, 2.24) is 15.0 Å². The highest BCUT2D eigenvalue weighted by Crippen LogP contribution is 2.34. The van der Waals surface area contributed by atoms with Crippen LogP contribution in [0.1, 0.15) is 26.0 Å². The van der Waals surface area contributed by atoms with Gasteiger partial charge in [0.1, 0.15) is 0 Å². The van der Waals surface area contributed by atoms with Crippen LogP contribution >= 0.6 is 0 Å². The predicted octanol–water partition coefficient (Wildman–Crippen LogP) is 7.34. The predicted molar refractivity (Wildman–Crippen MR) is 130 cm³/mol. The summed E-state index contributed by atoms with van der Waals surface area (Å²) in [6.45, 7) is 3.72. The van der Waals surface area contributed by atoms with Gasteiger partial charge in [-0.3, -0.25) is 4.98 Å². The number of ether oxygens (including phenoxy) is 1. The van der Waals surface area contributed by atoms with Gasteiger partial charge in [-0.1, -0.05) is 24.3 Å². The molecule has 0 atom stereocenters. The number of aryl methyl sites for hydroxylation is 1. The summed E-state index contributed by atoms with van der Waals surface area (Å²) in [6.07, 6.45) is 10.5. The van der Waals surface area contributed by atoms with Gasteiger partial charge >= 0.3 is 0 Å². The zero-order chi connectivity index (χ0) is 25.7. The molecule has 4 rings (SSSR count). The number of aromatic nitrogens is 3. The Morgan fingerprint density at radius 2 is 1.33 bits per heavy atom. The highest BCUT2D eigenvalue weighted by Gasteiger charge is 2.22. The number of hydrogen-bond acceptors (Lipinski definition) is 4. The molecule has 0 bridgehead atoms. The molecule has 4 nitrogen and oxygen atoms in total. The topological polar surface area (TPSA) is 47.9 Å². The Hall–Kier alpha value is -4.07.